The number of hydrogen-bond donors (Lipinski definition) is 3. The van der Waals surface area contributed by atoms with Crippen molar-refractivity contribution in [3.8, 4) is 0 Å². The van der Waals surface area contributed by atoms with Crippen molar-refractivity contribution in [1.29, 1.82) is 0 Å². The highest BCUT2D eigenvalue weighted by molar-refractivity contribution is 6.30. The van der Waals surface area contributed by atoms with Gasteiger partial charge in [-0.3, -0.25) is 29.9 Å². The van der Waals surface area contributed by atoms with Crippen LogP contribution in [0.1, 0.15) is 36.3 Å². The van der Waals surface area contributed by atoms with Crippen LogP contribution >= 0.6 is 11.6 Å². The number of amides is 3. The predicted octanol–water partition coefficient (Wildman–Crippen LogP) is 1.57. The molecule has 3 N–H and O–H groups in total. The molecule has 0 aliphatic rings. The van der Waals surface area contributed by atoms with E-state index in [4.69, 9.17) is 11.6 Å². The SMILES string of the molecule is CC(=O)NC(CC(=O)NNC(=O)Cn1nc(C)cc1C)c1ccc(Cl)cc1. The molecule has 27 heavy (non-hydrogen) atoms. The van der Waals surface area contributed by atoms with Gasteiger partial charge in [-0.2, -0.15) is 5.10 Å². The van der Waals surface area contributed by atoms with E-state index in [0.717, 1.165) is 17.0 Å². The quantitative estimate of drug-likeness (QED) is 0.650. The Bertz CT molecular complexity index is 832. The lowest BCUT2D eigenvalue weighted by Gasteiger charge is -2.18. The summed E-state index contributed by atoms with van der Waals surface area (Å²) in [5, 5.41) is 7.46. The van der Waals surface area contributed by atoms with Crippen LogP contribution < -0.4 is 16.2 Å². The molecular formula is C18H22ClN5O3. The predicted molar refractivity (Wildman–Crippen MR) is 101 cm³/mol. The first-order chi connectivity index (χ1) is 12.7. The van der Waals surface area contributed by atoms with E-state index < -0.39 is 17.9 Å². The molecular weight excluding hydrogens is 370 g/mol. The molecule has 1 aromatic heterocycles. The molecule has 0 saturated heterocycles. The van der Waals surface area contributed by atoms with Gasteiger partial charge in [0.15, 0.2) is 0 Å². The van der Waals surface area contributed by atoms with E-state index in [1.807, 2.05) is 19.9 Å². The third-order valence-electron chi connectivity index (χ3n) is 3.78. The van der Waals surface area contributed by atoms with E-state index in [1.54, 1.807) is 28.9 Å². The Morgan fingerprint density at radius 3 is 2.30 bits per heavy atom. The summed E-state index contributed by atoms with van der Waals surface area (Å²) in [5.74, 6) is -1.11. The van der Waals surface area contributed by atoms with E-state index in [0.29, 0.717) is 5.02 Å². The summed E-state index contributed by atoms with van der Waals surface area (Å²) in [4.78, 5) is 35.6. The molecule has 2 aromatic rings. The van der Waals surface area contributed by atoms with Gasteiger partial charge in [-0.15, -0.1) is 0 Å². The van der Waals surface area contributed by atoms with Crippen molar-refractivity contribution in [2.45, 2.75) is 39.8 Å². The topological polar surface area (TPSA) is 105 Å². The standard InChI is InChI=1S/C18H22ClN5O3/c1-11-8-12(2)24(23-11)10-18(27)22-21-17(26)9-16(20-13(3)25)14-4-6-15(19)7-5-14/h4-8,16H,9-10H2,1-3H3,(H,20,25)(H,21,26)(H,22,27). The van der Waals surface area contributed by atoms with Gasteiger partial charge in [0, 0.05) is 17.6 Å². The van der Waals surface area contributed by atoms with E-state index >= 15 is 0 Å². The Hall–Kier alpha value is -2.87. The maximum Gasteiger partial charge on any atom is 0.260 e. The Morgan fingerprint density at radius 1 is 1.11 bits per heavy atom. The minimum absolute atomic E-state index is 0.00768. The van der Waals surface area contributed by atoms with Crippen LogP contribution in [0.2, 0.25) is 5.02 Å². The fraction of sp³-hybridized carbons (Fsp3) is 0.333. The molecule has 8 nitrogen and oxygen atoms in total. The Morgan fingerprint density at radius 2 is 1.74 bits per heavy atom. The highest BCUT2D eigenvalue weighted by atomic mass is 35.5. The Labute approximate surface area is 162 Å². The molecule has 9 heteroatoms. The van der Waals surface area contributed by atoms with Crippen LogP contribution in [0.4, 0.5) is 0 Å². The Kier molecular flexibility index (Phi) is 6.95. The van der Waals surface area contributed by atoms with Gasteiger partial charge in [0.1, 0.15) is 6.54 Å². The number of carbonyl (C=O) groups excluding carboxylic acids is 3. The number of rotatable bonds is 6. The molecule has 0 bridgehead atoms. The van der Waals surface area contributed by atoms with Crippen molar-refractivity contribution in [3.05, 3.63) is 52.3 Å². The molecule has 0 aliphatic carbocycles. The average Bonchev–Trinajstić information content (AvgIpc) is 2.90. The molecule has 0 spiro atoms. The minimum Gasteiger partial charge on any atom is -0.349 e. The van der Waals surface area contributed by atoms with Crippen LogP contribution in [-0.4, -0.2) is 27.5 Å². The number of aryl methyl sites for hydroxylation is 2. The van der Waals surface area contributed by atoms with Crippen molar-refractivity contribution in [2.75, 3.05) is 0 Å². The molecule has 1 heterocycles. The van der Waals surface area contributed by atoms with Gasteiger partial charge in [-0.1, -0.05) is 23.7 Å². The highest BCUT2D eigenvalue weighted by Gasteiger charge is 2.18. The molecule has 0 aliphatic heterocycles. The molecule has 144 valence electrons. The van der Waals surface area contributed by atoms with Gasteiger partial charge in [0.2, 0.25) is 11.8 Å². The second-order valence-electron chi connectivity index (χ2n) is 6.19. The van der Waals surface area contributed by atoms with Gasteiger partial charge < -0.3 is 5.32 Å². The summed E-state index contributed by atoms with van der Waals surface area (Å²) >= 11 is 5.87. The first kappa shape index (κ1) is 20.4. The maximum atomic E-state index is 12.2. The summed E-state index contributed by atoms with van der Waals surface area (Å²) in [6, 6.07) is 8.15. The molecule has 1 atom stereocenters. The van der Waals surface area contributed by atoms with Gasteiger partial charge >= 0.3 is 0 Å². The number of hydrogen-bond acceptors (Lipinski definition) is 4. The summed E-state index contributed by atoms with van der Waals surface area (Å²) in [7, 11) is 0. The highest BCUT2D eigenvalue weighted by Crippen LogP contribution is 2.19. The number of nitrogens with one attached hydrogen (secondary N) is 3. The fourth-order valence-electron chi connectivity index (χ4n) is 2.58. The smallest absolute Gasteiger partial charge is 0.260 e. The van der Waals surface area contributed by atoms with Crippen LogP contribution in [0, 0.1) is 13.8 Å². The number of benzene rings is 1. The lowest BCUT2D eigenvalue weighted by molar-refractivity contribution is -0.130. The molecule has 1 aromatic carbocycles. The zero-order chi connectivity index (χ0) is 20.0. The molecule has 0 radical (unpaired) electrons. The summed E-state index contributed by atoms with van der Waals surface area (Å²) in [6.07, 6.45) is -0.0403. The van der Waals surface area contributed by atoms with E-state index in [2.05, 4.69) is 21.3 Å². The van der Waals surface area contributed by atoms with Crippen molar-refractivity contribution in [2.24, 2.45) is 0 Å². The van der Waals surface area contributed by atoms with Crippen molar-refractivity contribution < 1.29 is 14.4 Å². The molecule has 2 rings (SSSR count). The third-order valence-corrected chi connectivity index (χ3v) is 4.03. The summed E-state index contributed by atoms with van der Waals surface area (Å²) in [5.41, 5.74) is 7.11. The third kappa shape index (κ3) is 6.41. The molecule has 1 unspecified atom stereocenters. The normalized spacial score (nSPS) is 11.6. The van der Waals surface area contributed by atoms with Gasteiger partial charge in [0.05, 0.1) is 18.2 Å². The Balaban J connectivity index is 1.91. The van der Waals surface area contributed by atoms with Crippen LogP contribution in [0.15, 0.2) is 30.3 Å². The number of aromatic nitrogens is 2. The monoisotopic (exact) mass is 391 g/mol. The lowest BCUT2D eigenvalue weighted by atomic mass is 10.0. The second-order valence-corrected chi connectivity index (χ2v) is 6.63. The number of hydrazine groups is 1. The van der Waals surface area contributed by atoms with Gasteiger partial charge in [-0.05, 0) is 37.6 Å². The van der Waals surface area contributed by atoms with Gasteiger partial charge in [-0.25, -0.2) is 0 Å². The number of carbonyl (C=O) groups is 3. The lowest BCUT2D eigenvalue weighted by Crippen LogP contribution is -2.44. The number of nitrogens with zero attached hydrogens (tertiary/aromatic N) is 2. The summed E-state index contributed by atoms with van der Waals surface area (Å²) in [6.45, 7) is 5.04. The first-order valence-electron chi connectivity index (χ1n) is 8.36. The zero-order valence-corrected chi connectivity index (χ0v) is 16.1. The zero-order valence-electron chi connectivity index (χ0n) is 15.4. The van der Waals surface area contributed by atoms with Gasteiger partial charge in [0.25, 0.3) is 5.91 Å². The second kappa shape index (κ2) is 9.18. The van der Waals surface area contributed by atoms with Crippen LogP contribution in [-0.2, 0) is 20.9 Å². The molecule has 3 amide bonds. The average molecular weight is 392 g/mol. The van der Waals surface area contributed by atoms with E-state index in [-0.39, 0.29) is 18.9 Å². The summed E-state index contributed by atoms with van der Waals surface area (Å²) < 4.78 is 1.55. The number of halogens is 1. The minimum atomic E-state index is -0.535. The van der Waals surface area contributed by atoms with E-state index in [9.17, 15) is 14.4 Å². The molecule has 0 saturated carbocycles. The first-order valence-corrected chi connectivity index (χ1v) is 8.73. The van der Waals surface area contributed by atoms with Crippen LogP contribution in [0.5, 0.6) is 0 Å². The van der Waals surface area contributed by atoms with Crippen LogP contribution in [0.3, 0.4) is 0 Å². The van der Waals surface area contributed by atoms with Crippen molar-refractivity contribution >= 4 is 29.3 Å². The molecule has 0 fully saturated rings. The van der Waals surface area contributed by atoms with E-state index in [1.165, 1.54) is 6.92 Å². The van der Waals surface area contributed by atoms with Crippen LogP contribution in [0.25, 0.3) is 0 Å². The maximum absolute atomic E-state index is 12.2. The van der Waals surface area contributed by atoms with Crippen molar-refractivity contribution in [3.63, 3.8) is 0 Å². The van der Waals surface area contributed by atoms with Crippen molar-refractivity contribution in [1.82, 2.24) is 25.9 Å². The fourth-order valence-corrected chi connectivity index (χ4v) is 2.71. The largest absolute Gasteiger partial charge is 0.349 e.